The summed E-state index contributed by atoms with van der Waals surface area (Å²) in [5.41, 5.74) is 3.69. The summed E-state index contributed by atoms with van der Waals surface area (Å²) < 4.78 is 50.2. The van der Waals surface area contributed by atoms with Gasteiger partial charge in [-0.05, 0) is 130 Å². The molecule has 0 aliphatic carbocycles. The molecule has 0 spiro atoms. The predicted octanol–water partition coefficient (Wildman–Crippen LogP) is 17.0. The number of aromatic nitrogens is 1. The summed E-state index contributed by atoms with van der Waals surface area (Å²) >= 11 is 7.63. The van der Waals surface area contributed by atoms with Gasteiger partial charge >= 0.3 is 24.3 Å². The van der Waals surface area contributed by atoms with Crippen LogP contribution < -0.4 is 25.4 Å². The SMILES string of the molecule is CCCC(C)N1CCC(N(Cc2ccccc2)C(=O)Nc2c(OC)cccc2OC)CC1.CCCC(C)N1CCC(N(Cc2ccccc2)C(=O)Nc2ccc(O)c(Cl)c2)CC1.O=C(Nc1cccc(C(F)(F)F)c1)N(Cc1ccccc1)C1CCN(Cc2nccs2)CC1. The molecular weight excluding hydrogens is 1250 g/mol. The predicted molar refractivity (Wildman–Crippen MR) is 375 cm³/mol. The number of aromatic hydroxyl groups is 1. The molecule has 21 heteroatoms. The number of nitrogens with one attached hydrogen (secondary N) is 3. The first-order valence-corrected chi connectivity index (χ1v) is 34.5. The smallest absolute Gasteiger partial charge is 0.416 e. The van der Waals surface area contributed by atoms with Crippen LogP contribution in [0.1, 0.15) is 119 Å². The van der Waals surface area contributed by atoms with Crippen molar-refractivity contribution < 1.29 is 42.1 Å². The normalized spacial score (nSPS) is 15.8. The lowest BCUT2D eigenvalue weighted by Gasteiger charge is -2.40. The maximum Gasteiger partial charge on any atom is 0.416 e. The Morgan fingerprint density at radius 2 is 1.01 bits per heavy atom. The maximum atomic E-state index is 13.6. The number of nitrogens with zero attached hydrogens (tertiary/aromatic N) is 7. The standard InChI is InChI=1S/C26H37N3O3.C24H32ClN3O2.C24H25F3N4OS/c1-5-10-20(2)28-17-15-22(16-18-28)29(19-21-11-7-6-8-12-21)26(30)27-25-23(31-3)13-9-14-24(25)32-4;1-3-7-18(2)27-14-12-21(13-15-27)28(17-19-8-5-4-6-9-19)24(30)26-20-10-11-23(29)22(25)16-20;25-24(26,27)19-7-4-8-20(15-19)29-23(32)31(16-18-5-2-1-3-6-18)21-9-12-30(13-10-21)17-22-28-11-14-33-22/h6-9,11-14,20,22H,5,10,15-19H2,1-4H3,(H,27,30);4-6,8-11,16,18,21,29H,3,7,12-15,17H2,1-2H3,(H,26,30);1-8,11,14-15,21H,9-10,12-13,16-17H2,(H,29,32). The van der Waals surface area contributed by atoms with Crippen molar-refractivity contribution in [2.45, 2.75) is 154 Å². The third-order valence-corrected chi connectivity index (χ3v) is 19.1. The van der Waals surface area contributed by atoms with Crippen molar-refractivity contribution in [1.82, 2.24) is 34.4 Å². The molecule has 16 nitrogen and oxygen atoms in total. The number of amides is 6. The molecule has 0 saturated carbocycles. The zero-order valence-corrected chi connectivity index (χ0v) is 57.2. The first-order valence-electron chi connectivity index (χ1n) is 33.2. The van der Waals surface area contributed by atoms with Crippen LogP contribution in [-0.2, 0) is 32.4 Å². The Morgan fingerprint density at radius 3 is 1.41 bits per heavy atom. The summed E-state index contributed by atoms with van der Waals surface area (Å²) in [5.74, 6) is 1.17. The van der Waals surface area contributed by atoms with Crippen LogP contribution in [0.3, 0.4) is 0 Å². The van der Waals surface area contributed by atoms with Gasteiger partial charge < -0.3 is 55.0 Å². The number of halogens is 4. The fraction of sp³-hybridized carbons (Fsp3) is 0.432. The molecule has 6 amide bonds. The molecule has 510 valence electrons. The molecule has 4 N–H and O–H groups in total. The largest absolute Gasteiger partial charge is 0.506 e. The van der Waals surface area contributed by atoms with Gasteiger partial charge in [0, 0.05) is 112 Å². The number of para-hydroxylation sites is 1. The van der Waals surface area contributed by atoms with Gasteiger partial charge in [0.15, 0.2) is 0 Å². The van der Waals surface area contributed by atoms with Crippen LogP contribution in [0.4, 0.5) is 44.6 Å². The Kier molecular flexibility index (Phi) is 28.3. The van der Waals surface area contributed by atoms with Gasteiger partial charge in [0.1, 0.15) is 27.9 Å². The Hall–Kier alpha value is -7.88. The van der Waals surface area contributed by atoms with Crippen LogP contribution in [0.2, 0.25) is 5.02 Å². The van der Waals surface area contributed by atoms with E-state index in [1.54, 1.807) is 48.8 Å². The number of hydrogen-bond donors (Lipinski definition) is 4. The quantitative estimate of drug-likeness (QED) is 0.0482. The third kappa shape index (κ3) is 22.1. The van der Waals surface area contributed by atoms with Gasteiger partial charge in [-0.1, -0.05) is 141 Å². The average Bonchev–Trinajstić information content (AvgIpc) is 1.20. The number of phenolic OH excluding ortho intramolecular Hbond substituents is 1. The van der Waals surface area contributed by atoms with Gasteiger partial charge in [0.25, 0.3) is 0 Å². The number of thiazole rings is 1. The summed E-state index contributed by atoms with van der Waals surface area (Å²) in [6.07, 6.45) is 7.59. The molecule has 0 radical (unpaired) electrons. The van der Waals surface area contributed by atoms with Crippen LogP contribution in [-0.4, -0.2) is 141 Å². The highest BCUT2D eigenvalue weighted by atomic mass is 35.5. The number of piperidine rings is 3. The van der Waals surface area contributed by atoms with Crippen molar-refractivity contribution in [3.05, 3.63) is 196 Å². The van der Waals surface area contributed by atoms with E-state index in [1.807, 2.05) is 100 Å². The van der Waals surface area contributed by atoms with E-state index in [0.717, 1.165) is 118 Å². The zero-order valence-electron chi connectivity index (χ0n) is 55.7. The molecule has 2 unspecified atom stereocenters. The lowest BCUT2D eigenvalue weighted by molar-refractivity contribution is -0.137. The molecule has 7 aromatic rings. The molecule has 10 rings (SSSR count). The third-order valence-electron chi connectivity index (χ3n) is 18.0. The van der Waals surface area contributed by atoms with Crippen molar-refractivity contribution in [1.29, 1.82) is 0 Å². The number of methoxy groups -OCH3 is 2. The van der Waals surface area contributed by atoms with E-state index in [4.69, 9.17) is 21.1 Å². The zero-order chi connectivity index (χ0) is 67.7. The number of phenols is 1. The number of anilines is 3. The van der Waals surface area contributed by atoms with E-state index in [0.29, 0.717) is 54.6 Å². The second kappa shape index (κ2) is 36.9. The number of urea groups is 3. The number of likely N-dealkylation sites (tertiary alicyclic amines) is 3. The van der Waals surface area contributed by atoms with Gasteiger partial charge in [-0.15, -0.1) is 11.3 Å². The Labute approximate surface area is 568 Å². The molecule has 3 aliphatic rings. The number of carbonyl (C=O) groups excluding carboxylic acids is 3. The molecule has 6 aromatic carbocycles. The summed E-state index contributed by atoms with van der Waals surface area (Å²) in [6, 6.07) is 45.7. The molecule has 2 atom stereocenters. The summed E-state index contributed by atoms with van der Waals surface area (Å²) in [5, 5.41) is 21.6. The lowest BCUT2D eigenvalue weighted by Crippen LogP contribution is -2.50. The fourth-order valence-electron chi connectivity index (χ4n) is 12.7. The van der Waals surface area contributed by atoms with Gasteiger partial charge in [0.05, 0.1) is 31.4 Å². The minimum atomic E-state index is -4.46. The second-order valence-electron chi connectivity index (χ2n) is 24.7. The van der Waals surface area contributed by atoms with Gasteiger partial charge in [-0.3, -0.25) is 4.90 Å². The van der Waals surface area contributed by atoms with Crippen molar-refractivity contribution in [3.8, 4) is 17.2 Å². The number of hydrogen-bond acceptors (Lipinski definition) is 11. The maximum absolute atomic E-state index is 13.6. The van der Waals surface area contributed by atoms with Crippen LogP contribution in [0.5, 0.6) is 17.2 Å². The van der Waals surface area contributed by atoms with Gasteiger partial charge in [-0.2, -0.15) is 13.2 Å². The van der Waals surface area contributed by atoms with Crippen molar-refractivity contribution in [2.24, 2.45) is 0 Å². The lowest BCUT2D eigenvalue weighted by atomic mass is 10.00. The minimum Gasteiger partial charge on any atom is -0.506 e. The highest BCUT2D eigenvalue weighted by Crippen LogP contribution is 2.36. The number of benzene rings is 6. The molecular formula is C74H94ClF3N10O6S. The first-order chi connectivity index (χ1) is 45.9. The van der Waals surface area contributed by atoms with Crippen LogP contribution in [0, 0.1) is 0 Å². The molecule has 3 aliphatic heterocycles. The minimum absolute atomic E-state index is 0.00405. The van der Waals surface area contributed by atoms with Gasteiger partial charge in [0.2, 0.25) is 0 Å². The van der Waals surface area contributed by atoms with Crippen molar-refractivity contribution in [2.75, 3.05) is 69.4 Å². The van der Waals surface area contributed by atoms with E-state index >= 15 is 0 Å². The Bertz CT molecular complexity index is 3410. The molecule has 3 fully saturated rings. The molecule has 1 aromatic heterocycles. The number of ether oxygens (including phenoxy) is 2. The van der Waals surface area contributed by atoms with Crippen LogP contribution in [0.15, 0.2) is 163 Å². The molecule has 95 heavy (non-hydrogen) atoms. The average molecular weight is 1340 g/mol. The van der Waals surface area contributed by atoms with E-state index in [-0.39, 0.29) is 46.6 Å². The van der Waals surface area contributed by atoms with E-state index < -0.39 is 17.8 Å². The number of carbonyl (C=O) groups is 3. The Balaban J connectivity index is 0.000000183. The first kappa shape index (κ1) is 72.9. The summed E-state index contributed by atoms with van der Waals surface area (Å²) in [7, 11) is 3.19. The molecule has 4 heterocycles. The summed E-state index contributed by atoms with van der Waals surface area (Å²) in [6.45, 7) is 17.1. The monoisotopic (exact) mass is 1340 g/mol. The van der Waals surface area contributed by atoms with E-state index in [2.05, 4.69) is 87.6 Å². The van der Waals surface area contributed by atoms with Crippen molar-refractivity contribution >= 4 is 58.1 Å². The second-order valence-corrected chi connectivity index (χ2v) is 26.0. The number of rotatable bonds is 22. The highest BCUT2D eigenvalue weighted by molar-refractivity contribution is 7.09. The summed E-state index contributed by atoms with van der Waals surface area (Å²) in [4.78, 5) is 57.4. The fourth-order valence-corrected chi connectivity index (χ4v) is 13.6. The van der Waals surface area contributed by atoms with E-state index in [9.17, 15) is 32.7 Å². The van der Waals surface area contributed by atoms with E-state index in [1.165, 1.54) is 43.9 Å². The molecule has 0 bridgehead atoms. The number of alkyl halides is 3. The topological polar surface area (TPSA) is 158 Å². The highest BCUT2D eigenvalue weighted by Gasteiger charge is 2.34. The van der Waals surface area contributed by atoms with Gasteiger partial charge in [-0.25, -0.2) is 19.4 Å². The Morgan fingerprint density at radius 1 is 0.589 bits per heavy atom. The van der Waals surface area contributed by atoms with Crippen molar-refractivity contribution in [3.63, 3.8) is 0 Å². The molecule has 3 saturated heterocycles. The van der Waals surface area contributed by atoms with Crippen LogP contribution >= 0.6 is 22.9 Å². The van der Waals surface area contributed by atoms with Crippen LogP contribution in [0.25, 0.3) is 0 Å².